The molecule has 3 aliphatic heterocycles. The summed E-state index contributed by atoms with van der Waals surface area (Å²) in [6.07, 6.45) is 6.46. The van der Waals surface area contributed by atoms with E-state index in [1.807, 2.05) is 36.5 Å². The molecule has 1 N–H and O–H groups in total. The predicted molar refractivity (Wildman–Crippen MR) is 191 cm³/mol. The molecule has 260 valence electrons. The topological polar surface area (TPSA) is 109 Å². The van der Waals surface area contributed by atoms with Gasteiger partial charge in [0.1, 0.15) is 12.4 Å². The number of carboxylic acid groups (broad SMARTS) is 1. The molecule has 0 amide bonds. The van der Waals surface area contributed by atoms with E-state index < -0.39 is 5.97 Å². The Balaban J connectivity index is 0.939. The third-order valence-corrected chi connectivity index (χ3v) is 10.9. The normalized spacial score (nSPS) is 19.1. The van der Waals surface area contributed by atoms with Crippen LogP contribution < -0.4 is 9.64 Å². The van der Waals surface area contributed by atoms with Crippen LogP contribution in [0.2, 0.25) is 5.02 Å². The number of piperazine rings is 1. The van der Waals surface area contributed by atoms with E-state index in [2.05, 4.69) is 56.6 Å². The van der Waals surface area contributed by atoms with Crippen LogP contribution in [0.15, 0.2) is 54.7 Å². The maximum atomic E-state index is 11.0. The number of likely N-dealkylation sites (tertiary alicyclic amines) is 2. The monoisotopic (exact) mass is 685 g/mol. The summed E-state index contributed by atoms with van der Waals surface area (Å²) >= 11 is 6.29. The number of hydrogen-bond acceptors (Lipinski definition) is 9. The van der Waals surface area contributed by atoms with Crippen molar-refractivity contribution in [1.29, 1.82) is 5.26 Å². The van der Waals surface area contributed by atoms with Gasteiger partial charge in [-0.05, 0) is 105 Å². The maximum absolute atomic E-state index is 11.0. The molecule has 3 saturated heterocycles. The SMILES string of the molecule is CC(C)(c1ccc(OCc2ccnc(N3CCN(C4CCN(CC5CCN(CC(=O)O)CC5)CC4)CC3)n2)cc1)c1cc(Cl)cc(C#N)c1. The van der Waals surface area contributed by atoms with E-state index in [9.17, 15) is 10.1 Å². The lowest BCUT2D eigenvalue weighted by molar-refractivity contribution is -0.138. The van der Waals surface area contributed by atoms with Crippen LogP contribution in [-0.2, 0) is 16.8 Å². The maximum Gasteiger partial charge on any atom is 0.317 e. The number of carboxylic acids is 1. The molecule has 3 aromatic rings. The van der Waals surface area contributed by atoms with Gasteiger partial charge in [0.15, 0.2) is 0 Å². The quantitative estimate of drug-likeness (QED) is 0.286. The van der Waals surface area contributed by atoms with Crippen molar-refractivity contribution in [3.63, 3.8) is 0 Å². The van der Waals surface area contributed by atoms with Gasteiger partial charge in [-0.25, -0.2) is 9.97 Å². The van der Waals surface area contributed by atoms with Crippen molar-refractivity contribution in [2.75, 3.05) is 70.3 Å². The number of carbonyl (C=O) groups is 1. The largest absolute Gasteiger partial charge is 0.487 e. The second kappa shape index (κ2) is 15.9. The Morgan fingerprint density at radius 3 is 2.31 bits per heavy atom. The summed E-state index contributed by atoms with van der Waals surface area (Å²) in [4.78, 5) is 30.1. The summed E-state index contributed by atoms with van der Waals surface area (Å²) in [5, 5.41) is 19.0. The minimum Gasteiger partial charge on any atom is -0.487 e. The highest BCUT2D eigenvalue weighted by molar-refractivity contribution is 6.30. The number of aliphatic carboxylic acids is 1. The van der Waals surface area contributed by atoms with Gasteiger partial charge >= 0.3 is 5.97 Å². The molecular formula is C38H48ClN7O3. The smallest absolute Gasteiger partial charge is 0.317 e. The van der Waals surface area contributed by atoms with Crippen molar-refractivity contribution in [1.82, 2.24) is 24.7 Å². The molecule has 3 aliphatic rings. The molecule has 0 aliphatic carbocycles. The van der Waals surface area contributed by atoms with Crippen LogP contribution in [0.4, 0.5) is 5.95 Å². The van der Waals surface area contributed by atoms with E-state index in [0.717, 1.165) is 100 Å². The Morgan fingerprint density at radius 2 is 1.63 bits per heavy atom. The number of rotatable bonds is 11. The second-order valence-corrected chi connectivity index (χ2v) is 14.7. The van der Waals surface area contributed by atoms with Crippen LogP contribution in [0.3, 0.4) is 0 Å². The average molecular weight is 686 g/mol. The van der Waals surface area contributed by atoms with Gasteiger partial charge in [0.05, 0.1) is 23.9 Å². The second-order valence-electron chi connectivity index (χ2n) is 14.3. The van der Waals surface area contributed by atoms with E-state index in [1.165, 1.54) is 12.8 Å². The molecule has 49 heavy (non-hydrogen) atoms. The fraction of sp³-hybridized carbons (Fsp3) is 0.526. The van der Waals surface area contributed by atoms with Gasteiger partial charge < -0.3 is 19.6 Å². The molecule has 1 aromatic heterocycles. The molecule has 6 rings (SSSR count). The van der Waals surface area contributed by atoms with E-state index in [0.29, 0.717) is 29.2 Å². The Morgan fingerprint density at radius 1 is 0.939 bits per heavy atom. The Labute approximate surface area is 295 Å². The summed E-state index contributed by atoms with van der Waals surface area (Å²) in [7, 11) is 0. The minimum absolute atomic E-state index is 0.173. The minimum atomic E-state index is -0.722. The molecule has 11 heteroatoms. The zero-order valence-electron chi connectivity index (χ0n) is 28.7. The van der Waals surface area contributed by atoms with E-state index in [-0.39, 0.29) is 12.0 Å². The Hall–Kier alpha value is -3.75. The summed E-state index contributed by atoms with van der Waals surface area (Å²) in [6, 6.07) is 18.3. The number of anilines is 1. The molecule has 2 aromatic carbocycles. The standard InChI is InChI=1S/C38H48ClN7O3/c1-38(2,31-21-29(24-40)22-32(39)23-31)30-3-5-35(6-4-30)49-27-33-7-12-41-37(42-33)46-19-17-45(18-20-46)34-10-15-43(16-11-34)25-28-8-13-44(14-9-28)26-36(47)48/h3-7,12,21-23,28,34H,8-11,13-20,25-27H2,1-2H3,(H,47,48). The molecule has 4 heterocycles. The number of halogens is 1. The molecule has 10 nitrogen and oxygen atoms in total. The first-order valence-corrected chi connectivity index (χ1v) is 18.0. The Bertz CT molecular complexity index is 1600. The van der Waals surface area contributed by atoms with Crippen molar-refractivity contribution in [3.8, 4) is 11.8 Å². The van der Waals surface area contributed by atoms with Gasteiger partial charge in [-0.2, -0.15) is 5.26 Å². The molecule has 0 spiro atoms. The average Bonchev–Trinajstić information content (AvgIpc) is 3.12. The zero-order chi connectivity index (χ0) is 34.4. The fourth-order valence-electron chi connectivity index (χ4n) is 7.56. The van der Waals surface area contributed by atoms with Crippen LogP contribution >= 0.6 is 11.6 Å². The number of nitrogens with zero attached hydrogens (tertiary/aromatic N) is 7. The highest BCUT2D eigenvalue weighted by Crippen LogP contribution is 2.34. The third kappa shape index (κ3) is 9.08. The highest BCUT2D eigenvalue weighted by atomic mass is 35.5. The lowest BCUT2D eigenvalue weighted by Crippen LogP contribution is -2.54. The molecule has 0 atom stereocenters. The van der Waals surface area contributed by atoms with Crippen LogP contribution in [0.25, 0.3) is 0 Å². The third-order valence-electron chi connectivity index (χ3n) is 10.7. The molecule has 0 radical (unpaired) electrons. The first kappa shape index (κ1) is 35.1. The molecule has 0 saturated carbocycles. The van der Waals surface area contributed by atoms with Gasteiger partial charge in [0.25, 0.3) is 0 Å². The molecule has 0 bridgehead atoms. The van der Waals surface area contributed by atoms with Crippen LogP contribution in [0, 0.1) is 17.2 Å². The van der Waals surface area contributed by atoms with Crippen molar-refractivity contribution in [2.45, 2.75) is 57.6 Å². The first-order chi connectivity index (χ1) is 23.7. The molecule has 0 unspecified atom stereocenters. The van der Waals surface area contributed by atoms with Gasteiger partial charge in [-0.15, -0.1) is 0 Å². The van der Waals surface area contributed by atoms with E-state index in [4.69, 9.17) is 26.4 Å². The van der Waals surface area contributed by atoms with Crippen molar-refractivity contribution < 1.29 is 14.6 Å². The predicted octanol–water partition coefficient (Wildman–Crippen LogP) is 5.29. The van der Waals surface area contributed by atoms with Crippen LogP contribution in [0.5, 0.6) is 5.75 Å². The molecule has 3 fully saturated rings. The van der Waals surface area contributed by atoms with Gasteiger partial charge in [0.2, 0.25) is 5.95 Å². The number of piperidine rings is 2. The summed E-state index contributed by atoms with van der Waals surface area (Å²) in [5.41, 5.74) is 3.17. The van der Waals surface area contributed by atoms with Gasteiger partial charge in [0, 0.05) is 55.4 Å². The number of hydrogen-bond donors (Lipinski definition) is 1. The first-order valence-electron chi connectivity index (χ1n) is 17.6. The van der Waals surface area contributed by atoms with Crippen molar-refractivity contribution in [3.05, 3.63) is 82.1 Å². The highest BCUT2D eigenvalue weighted by Gasteiger charge is 2.30. The number of ether oxygens (including phenoxy) is 1. The zero-order valence-corrected chi connectivity index (χ0v) is 29.5. The molecular weight excluding hydrogens is 638 g/mol. The summed E-state index contributed by atoms with van der Waals surface area (Å²) in [5.74, 6) is 1.50. The van der Waals surface area contributed by atoms with Gasteiger partial charge in [-0.3, -0.25) is 14.6 Å². The number of aromatic nitrogens is 2. The van der Waals surface area contributed by atoms with Crippen LogP contribution in [0.1, 0.15) is 61.9 Å². The fourth-order valence-corrected chi connectivity index (χ4v) is 7.80. The van der Waals surface area contributed by atoms with Crippen molar-refractivity contribution in [2.24, 2.45) is 5.92 Å². The summed E-state index contributed by atoms with van der Waals surface area (Å²) < 4.78 is 6.13. The van der Waals surface area contributed by atoms with E-state index in [1.54, 1.807) is 6.07 Å². The van der Waals surface area contributed by atoms with Gasteiger partial charge in [-0.1, -0.05) is 37.6 Å². The van der Waals surface area contributed by atoms with E-state index >= 15 is 0 Å². The van der Waals surface area contributed by atoms with Crippen LogP contribution in [-0.4, -0.2) is 107 Å². The lowest BCUT2D eigenvalue weighted by Gasteiger charge is -2.43. The number of benzene rings is 2. The number of nitriles is 1. The Kier molecular flexibility index (Phi) is 11.4. The summed E-state index contributed by atoms with van der Waals surface area (Å²) in [6.45, 7) is 13.9. The van der Waals surface area contributed by atoms with Crippen molar-refractivity contribution >= 4 is 23.5 Å². The lowest BCUT2D eigenvalue weighted by atomic mass is 9.78.